The summed E-state index contributed by atoms with van der Waals surface area (Å²) in [4.78, 5) is 45.1. The van der Waals surface area contributed by atoms with Crippen LogP contribution >= 0.6 is 23.2 Å². The Morgan fingerprint density at radius 1 is 1.12 bits per heavy atom. The number of amides is 3. The van der Waals surface area contributed by atoms with E-state index in [1.807, 2.05) is 0 Å². The van der Waals surface area contributed by atoms with Crippen LogP contribution in [0.4, 0.5) is 24.8 Å². The van der Waals surface area contributed by atoms with Crippen molar-refractivity contribution in [1.29, 1.82) is 0 Å². The van der Waals surface area contributed by atoms with E-state index >= 15 is 0 Å². The molecule has 1 aromatic heterocycles. The van der Waals surface area contributed by atoms with Crippen molar-refractivity contribution in [2.24, 2.45) is 0 Å². The third kappa shape index (κ3) is 5.87. The van der Waals surface area contributed by atoms with Gasteiger partial charge in [-0.3, -0.25) is 19.0 Å². The van der Waals surface area contributed by atoms with Crippen LogP contribution in [-0.4, -0.2) is 46.2 Å². The molecular weight excluding hydrogens is 574 g/mol. The quantitative estimate of drug-likeness (QED) is 0.381. The molecule has 2 heterocycles. The van der Waals surface area contributed by atoms with Crippen LogP contribution in [0.15, 0.2) is 48.7 Å². The van der Waals surface area contributed by atoms with Crippen LogP contribution in [0.3, 0.4) is 0 Å². The zero-order valence-electron chi connectivity index (χ0n) is 21.5. The van der Waals surface area contributed by atoms with Gasteiger partial charge < -0.3 is 15.4 Å². The normalized spacial score (nSPS) is 17.4. The summed E-state index contributed by atoms with van der Waals surface area (Å²) in [6.07, 6.45) is -3.61. The van der Waals surface area contributed by atoms with Crippen molar-refractivity contribution < 1.29 is 32.3 Å². The summed E-state index contributed by atoms with van der Waals surface area (Å²) >= 11 is 12.4. The van der Waals surface area contributed by atoms with Crippen LogP contribution in [0.2, 0.25) is 10.0 Å². The minimum Gasteiger partial charge on any atom is -0.406 e. The van der Waals surface area contributed by atoms with Crippen LogP contribution in [-0.2, 0) is 21.5 Å². The molecule has 40 heavy (non-hydrogen) atoms. The number of likely N-dealkylation sites (N-methyl/N-ethyl adjacent to an activating group) is 1. The summed E-state index contributed by atoms with van der Waals surface area (Å²) in [7, 11) is 0. The van der Waals surface area contributed by atoms with E-state index in [1.54, 1.807) is 13.8 Å². The van der Waals surface area contributed by atoms with Crippen molar-refractivity contribution in [3.05, 3.63) is 70.0 Å². The molecule has 1 aliphatic heterocycles. The Labute approximate surface area is 237 Å². The molecule has 2 aromatic carbocycles. The standard InChI is InChI=1S/C26H24Cl2F3N5O4/c1-4-32-21(37)14(2)34-22(38)20-13-33-24-35(18-10-16(27)9-17(28)11-18)23(39)25(3,36(20)24)12-15-5-7-19(8-6-15)40-26(29,30)31/h5-11,13-14H,4,12H2,1-3H3,(H,32,37)(H,34,38)/t14?,25-/m1/s1. The highest BCUT2D eigenvalue weighted by Crippen LogP contribution is 2.43. The average Bonchev–Trinajstić information content (AvgIpc) is 3.37. The van der Waals surface area contributed by atoms with Crippen LogP contribution in [0, 0.1) is 0 Å². The number of nitrogens with one attached hydrogen (secondary N) is 2. The van der Waals surface area contributed by atoms with E-state index in [0.717, 1.165) is 12.1 Å². The van der Waals surface area contributed by atoms with E-state index < -0.39 is 41.4 Å². The van der Waals surface area contributed by atoms with Gasteiger partial charge in [-0.2, -0.15) is 0 Å². The Morgan fingerprint density at radius 2 is 1.75 bits per heavy atom. The summed E-state index contributed by atoms with van der Waals surface area (Å²) in [5.74, 6) is -1.87. The maximum absolute atomic E-state index is 14.0. The fraction of sp³-hybridized carbons (Fsp3) is 0.308. The molecule has 0 saturated carbocycles. The molecule has 9 nitrogen and oxygen atoms in total. The lowest BCUT2D eigenvalue weighted by Gasteiger charge is -2.27. The van der Waals surface area contributed by atoms with Crippen LogP contribution in [0.1, 0.15) is 36.8 Å². The summed E-state index contributed by atoms with van der Waals surface area (Å²) in [6.45, 7) is 5.21. The van der Waals surface area contributed by atoms with Gasteiger partial charge in [0.25, 0.3) is 11.8 Å². The van der Waals surface area contributed by atoms with E-state index in [1.165, 1.54) is 52.9 Å². The number of hydrogen-bond donors (Lipinski definition) is 2. The summed E-state index contributed by atoms with van der Waals surface area (Å²) in [6, 6.07) is 8.69. The molecule has 2 atom stereocenters. The molecule has 0 saturated heterocycles. The molecule has 1 unspecified atom stereocenters. The van der Waals surface area contributed by atoms with Gasteiger partial charge in [0.05, 0.1) is 11.9 Å². The fourth-order valence-electron chi connectivity index (χ4n) is 4.50. The van der Waals surface area contributed by atoms with Crippen LogP contribution in [0.5, 0.6) is 5.75 Å². The first-order chi connectivity index (χ1) is 18.7. The molecule has 0 fully saturated rings. The number of anilines is 2. The summed E-state index contributed by atoms with van der Waals surface area (Å²) in [5.41, 5.74) is -0.684. The monoisotopic (exact) mass is 597 g/mol. The second kappa shape index (κ2) is 11.0. The van der Waals surface area contributed by atoms with E-state index in [4.69, 9.17) is 23.2 Å². The third-order valence-corrected chi connectivity index (χ3v) is 6.67. The Hall–Kier alpha value is -3.77. The van der Waals surface area contributed by atoms with Gasteiger partial charge in [-0.15, -0.1) is 13.2 Å². The summed E-state index contributed by atoms with van der Waals surface area (Å²) in [5, 5.41) is 5.75. The predicted octanol–water partition coefficient (Wildman–Crippen LogP) is 4.98. The first-order valence-corrected chi connectivity index (χ1v) is 12.8. The zero-order chi connectivity index (χ0) is 29.4. The molecule has 3 aromatic rings. The molecule has 212 valence electrons. The van der Waals surface area contributed by atoms with Gasteiger partial charge in [-0.05, 0) is 56.7 Å². The van der Waals surface area contributed by atoms with Gasteiger partial charge in [0.15, 0.2) is 0 Å². The molecular formula is C26H24Cl2F3N5O4. The number of benzene rings is 2. The Morgan fingerprint density at radius 3 is 2.33 bits per heavy atom. The van der Waals surface area contributed by atoms with Gasteiger partial charge in [0, 0.05) is 23.0 Å². The Kier molecular flexibility index (Phi) is 8.04. The molecule has 14 heteroatoms. The first kappa shape index (κ1) is 29.2. The number of hydrogen-bond acceptors (Lipinski definition) is 5. The van der Waals surface area contributed by atoms with Crippen molar-refractivity contribution in [1.82, 2.24) is 20.2 Å². The molecule has 0 radical (unpaired) electrons. The number of aromatic nitrogens is 2. The van der Waals surface area contributed by atoms with Gasteiger partial charge in [-0.25, -0.2) is 9.88 Å². The fourth-order valence-corrected chi connectivity index (χ4v) is 5.01. The highest BCUT2D eigenvalue weighted by Gasteiger charge is 2.51. The number of nitrogens with zero attached hydrogens (tertiary/aromatic N) is 3. The lowest BCUT2D eigenvalue weighted by molar-refractivity contribution is -0.274. The molecule has 3 amide bonds. The van der Waals surface area contributed by atoms with Crippen molar-refractivity contribution in [3.63, 3.8) is 0 Å². The molecule has 0 bridgehead atoms. The minimum atomic E-state index is -4.85. The van der Waals surface area contributed by atoms with Crippen molar-refractivity contribution in [2.45, 2.75) is 45.1 Å². The highest BCUT2D eigenvalue weighted by atomic mass is 35.5. The van der Waals surface area contributed by atoms with Gasteiger partial charge in [0.2, 0.25) is 11.9 Å². The number of imidazole rings is 1. The lowest BCUT2D eigenvalue weighted by Crippen LogP contribution is -2.47. The highest BCUT2D eigenvalue weighted by molar-refractivity contribution is 6.35. The van der Waals surface area contributed by atoms with Gasteiger partial charge >= 0.3 is 6.36 Å². The third-order valence-electron chi connectivity index (χ3n) is 6.24. The van der Waals surface area contributed by atoms with E-state index in [0.29, 0.717) is 17.8 Å². The average molecular weight is 598 g/mol. The topological polar surface area (TPSA) is 106 Å². The van der Waals surface area contributed by atoms with Gasteiger partial charge in [0.1, 0.15) is 23.0 Å². The maximum atomic E-state index is 14.0. The zero-order valence-corrected chi connectivity index (χ0v) is 23.0. The Bertz CT molecular complexity index is 1440. The smallest absolute Gasteiger partial charge is 0.406 e. The second-order valence-electron chi connectivity index (χ2n) is 9.28. The number of carbonyl (C=O) groups excluding carboxylic acids is 3. The van der Waals surface area contributed by atoms with E-state index in [2.05, 4.69) is 20.4 Å². The number of alkyl halides is 3. The Balaban J connectivity index is 1.76. The van der Waals surface area contributed by atoms with Crippen molar-refractivity contribution in [2.75, 3.05) is 11.4 Å². The molecule has 1 aliphatic rings. The molecule has 4 rings (SSSR count). The van der Waals surface area contributed by atoms with Crippen molar-refractivity contribution >= 4 is 52.6 Å². The molecule has 0 spiro atoms. The lowest BCUT2D eigenvalue weighted by atomic mass is 9.91. The summed E-state index contributed by atoms with van der Waals surface area (Å²) < 4.78 is 43.2. The predicted molar refractivity (Wildman–Crippen MR) is 142 cm³/mol. The minimum absolute atomic E-state index is 0.00496. The van der Waals surface area contributed by atoms with E-state index in [-0.39, 0.29) is 28.1 Å². The van der Waals surface area contributed by atoms with Crippen molar-refractivity contribution in [3.8, 4) is 5.75 Å². The maximum Gasteiger partial charge on any atom is 0.573 e. The number of halogens is 5. The van der Waals surface area contributed by atoms with Crippen LogP contribution < -0.4 is 20.3 Å². The van der Waals surface area contributed by atoms with Crippen LogP contribution in [0.25, 0.3) is 0 Å². The van der Waals surface area contributed by atoms with E-state index in [9.17, 15) is 27.6 Å². The largest absolute Gasteiger partial charge is 0.573 e. The molecule has 2 N–H and O–H groups in total. The number of ether oxygens (including phenoxy) is 1. The first-order valence-electron chi connectivity index (χ1n) is 12.1. The number of rotatable bonds is 8. The second-order valence-corrected chi connectivity index (χ2v) is 10.2. The molecule has 0 aliphatic carbocycles. The number of fused-ring (bicyclic) bond motifs is 1. The van der Waals surface area contributed by atoms with Gasteiger partial charge in [-0.1, -0.05) is 35.3 Å². The number of carbonyl (C=O) groups is 3. The SMILES string of the molecule is CCNC(=O)C(C)NC(=O)c1cnc2n1[C@](C)(Cc1ccc(OC(F)(F)F)cc1)C(=O)N2c1cc(Cl)cc(Cl)c1.